The zero-order valence-electron chi connectivity index (χ0n) is 12.3. The van der Waals surface area contributed by atoms with E-state index < -0.39 is 23.7 Å². The topological polar surface area (TPSA) is 58.2 Å². The second-order valence-corrected chi connectivity index (χ2v) is 5.30. The highest BCUT2D eigenvalue weighted by molar-refractivity contribution is 5.95. The summed E-state index contributed by atoms with van der Waals surface area (Å²) in [4.78, 5) is 23.5. The zero-order valence-corrected chi connectivity index (χ0v) is 12.3. The molecule has 2 rings (SSSR count). The van der Waals surface area contributed by atoms with Crippen molar-refractivity contribution in [3.05, 3.63) is 41.5 Å². The Morgan fingerprint density at radius 3 is 2.57 bits per heavy atom. The number of hydrogen-bond acceptors (Lipinski definition) is 2. The lowest BCUT2D eigenvalue weighted by atomic mass is 10.1. The van der Waals surface area contributed by atoms with Crippen LogP contribution in [0.4, 0.5) is 13.2 Å². The summed E-state index contributed by atoms with van der Waals surface area (Å²) in [6.07, 6.45) is 0.523. The Morgan fingerprint density at radius 2 is 1.91 bits per heavy atom. The van der Waals surface area contributed by atoms with E-state index in [9.17, 15) is 22.8 Å². The van der Waals surface area contributed by atoms with Crippen molar-refractivity contribution in [2.75, 3.05) is 6.54 Å². The van der Waals surface area contributed by atoms with Crippen LogP contribution in [0.25, 0.3) is 6.08 Å². The average Bonchev–Trinajstić information content (AvgIpc) is 2.70. The number of alkyl halides is 3. The summed E-state index contributed by atoms with van der Waals surface area (Å²) in [5, 5.41) is 5.31. The highest BCUT2D eigenvalue weighted by Crippen LogP contribution is 2.29. The fraction of sp³-hybridized carbons (Fsp3) is 0.375. The van der Waals surface area contributed by atoms with E-state index in [4.69, 9.17) is 0 Å². The van der Waals surface area contributed by atoms with Crippen LogP contribution >= 0.6 is 0 Å². The number of benzene rings is 1. The van der Waals surface area contributed by atoms with Gasteiger partial charge in [0.05, 0.1) is 5.56 Å². The van der Waals surface area contributed by atoms with Gasteiger partial charge in [0.2, 0.25) is 11.8 Å². The Kier molecular flexibility index (Phi) is 5.41. The third-order valence-corrected chi connectivity index (χ3v) is 3.52. The smallest absolute Gasteiger partial charge is 0.354 e. The maximum Gasteiger partial charge on any atom is 0.416 e. The molecule has 0 aliphatic carbocycles. The van der Waals surface area contributed by atoms with Gasteiger partial charge in [-0.3, -0.25) is 9.59 Å². The normalized spacial score (nSPS) is 19.3. The Morgan fingerprint density at radius 1 is 1.22 bits per heavy atom. The molecule has 4 nitrogen and oxygen atoms in total. The van der Waals surface area contributed by atoms with Crippen LogP contribution in [0.15, 0.2) is 30.3 Å². The molecule has 7 heteroatoms. The maximum atomic E-state index is 12.4. The van der Waals surface area contributed by atoms with Crippen LogP contribution in [0.3, 0.4) is 0 Å². The summed E-state index contributed by atoms with van der Waals surface area (Å²) in [6, 6.07) is 3.91. The summed E-state index contributed by atoms with van der Waals surface area (Å²) in [5.74, 6) is -0.661. The van der Waals surface area contributed by atoms with Crippen molar-refractivity contribution in [2.45, 2.75) is 31.5 Å². The molecule has 0 saturated carbocycles. The number of carbonyl (C=O) groups excluding carboxylic acids is 2. The van der Waals surface area contributed by atoms with Gasteiger partial charge < -0.3 is 10.6 Å². The van der Waals surface area contributed by atoms with E-state index in [1.165, 1.54) is 24.3 Å². The fourth-order valence-corrected chi connectivity index (χ4v) is 2.25. The van der Waals surface area contributed by atoms with Gasteiger partial charge >= 0.3 is 6.18 Å². The average molecular weight is 326 g/mol. The lowest BCUT2D eigenvalue weighted by molar-refractivity contribution is -0.137. The van der Waals surface area contributed by atoms with E-state index in [0.717, 1.165) is 25.0 Å². The third kappa shape index (κ3) is 5.12. The molecule has 1 saturated heterocycles. The Bertz CT molecular complexity index is 594. The molecule has 0 aromatic heterocycles. The highest BCUT2D eigenvalue weighted by atomic mass is 19.4. The summed E-state index contributed by atoms with van der Waals surface area (Å²) >= 11 is 0. The molecule has 1 aliphatic rings. The quantitative estimate of drug-likeness (QED) is 0.839. The first-order valence-electron chi connectivity index (χ1n) is 7.30. The molecule has 0 bridgehead atoms. The predicted octanol–water partition coefficient (Wildman–Crippen LogP) is 2.50. The molecule has 0 spiro atoms. The molecule has 2 N–H and O–H groups in total. The van der Waals surface area contributed by atoms with Crippen molar-refractivity contribution in [3.8, 4) is 0 Å². The molecule has 1 atom stereocenters. The molecule has 1 unspecified atom stereocenters. The van der Waals surface area contributed by atoms with Crippen LogP contribution in [0.2, 0.25) is 0 Å². The van der Waals surface area contributed by atoms with Gasteiger partial charge in [0.1, 0.15) is 6.04 Å². The molecule has 1 aliphatic heterocycles. The first kappa shape index (κ1) is 17.1. The van der Waals surface area contributed by atoms with Gasteiger partial charge in [-0.15, -0.1) is 0 Å². The van der Waals surface area contributed by atoms with E-state index in [0.29, 0.717) is 18.5 Å². The number of halogens is 3. The molecular weight excluding hydrogens is 309 g/mol. The standard InChI is InChI=1S/C16H17F3N2O2/c17-16(18,19)12-7-4-11(5-8-12)6-9-14(22)21-13-3-1-2-10-20-15(13)23/h4-9,13H,1-3,10H2,(H,20,23)(H,21,22). The van der Waals surface area contributed by atoms with Crippen LogP contribution in [0.1, 0.15) is 30.4 Å². The van der Waals surface area contributed by atoms with Gasteiger partial charge in [0.15, 0.2) is 0 Å². The summed E-state index contributed by atoms with van der Waals surface area (Å²) in [7, 11) is 0. The lowest BCUT2D eigenvalue weighted by Crippen LogP contribution is -2.44. The number of amides is 2. The molecule has 1 aromatic carbocycles. The van der Waals surface area contributed by atoms with Gasteiger partial charge in [-0.05, 0) is 43.0 Å². The number of carbonyl (C=O) groups is 2. The van der Waals surface area contributed by atoms with E-state index in [2.05, 4.69) is 10.6 Å². The van der Waals surface area contributed by atoms with Crippen molar-refractivity contribution in [3.63, 3.8) is 0 Å². The van der Waals surface area contributed by atoms with Crippen LogP contribution in [-0.2, 0) is 15.8 Å². The lowest BCUT2D eigenvalue weighted by Gasteiger charge is -2.13. The summed E-state index contributed by atoms with van der Waals surface area (Å²) in [5.41, 5.74) is -0.271. The minimum Gasteiger partial charge on any atom is -0.354 e. The van der Waals surface area contributed by atoms with Crippen LogP contribution in [-0.4, -0.2) is 24.4 Å². The molecule has 124 valence electrons. The molecule has 1 fully saturated rings. The Labute approximate surface area is 131 Å². The number of rotatable bonds is 3. The molecule has 23 heavy (non-hydrogen) atoms. The second kappa shape index (κ2) is 7.30. The van der Waals surface area contributed by atoms with Gasteiger partial charge in [-0.1, -0.05) is 12.1 Å². The van der Waals surface area contributed by atoms with E-state index in [-0.39, 0.29) is 5.91 Å². The van der Waals surface area contributed by atoms with Gasteiger partial charge in [0.25, 0.3) is 0 Å². The minimum atomic E-state index is -4.38. The third-order valence-electron chi connectivity index (χ3n) is 3.52. The van der Waals surface area contributed by atoms with Crippen molar-refractivity contribution in [2.24, 2.45) is 0 Å². The summed E-state index contributed by atoms with van der Waals surface area (Å²) in [6.45, 7) is 0.604. The monoisotopic (exact) mass is 326 g/mol. The zero-order chi connectivity index (χ0) is 16.9. The molecule has 0 radical (unpaired) electrons. The first-order valence-corrected chi connectivity index (χ1v) is 7.30. The maximum absolute atomic E-state index is 12.4. The molecule has 1 aromatic rings. The SMILES string of the molecule is O=C(C=Cc1ccc(C(F)(F)F)cc1)NC1CCCCNC1=O. The molecule has 1 heterocycles. The fourth-order valence-electron chi connectivity index (χ4n) is 2.25. The van der Waals surface area contributed by atoms with Crippen molar-refractivity contribution in [1.82, 2.24) is 10.6 Å². The van der Waals surface area contributed by atoms with Crippen molar-refractivity contribution in [1.29, 1.82) is 0 Å². The van der Waals surface area contributed by atoms with Crippen molar-refractivity contribution < 1.29 is 22.8 Å². The first-order chi connectivity index (χ1) is 10.9. The van der Waals surface area contributed by atoms with E-state index in [1.54, 1.807) is 0 Å². The second-order valence-electron chi connectivity index (χ2n) is 5.30. The van der Waals surface area contributed by atoms with E-state index in [1.807, 2.05) is 0 Å². The van der Waals surface area contributed by atoms with Gasteiger partial charge in [-0.25, -0.2) is 0 Å². The molecular formula is C16H17F3N2O2. The van der Waals surface area contributed by atoms with Gasteiger partial charge in [-0.2, -0.15) is 13.2 Å². The number of hydrogen-bond donors (Lipinski definition) is 2. The Balaban J connectivity index is 1.94. The van der Waals surface area contributed by atoms with Gasteiger partial charge in [0, 0.05) is 12.6 Å². The highest BCUT2D eigenvalue weighted by Gasteiger charge is 2.29. The van der Waals surface area contributed by atoms with Crippen molar-refractivity contribution >= 4 is 17.9 Å². The van der Waals surface area contributed by atoms with E-state index >= 15 is 0 Å². The largest absolute Gasteiger partial charge is 0.416 e. The predicted molar refractivity (Wildman–Crippen MR) is 79.3 cm³/mol. The van der Waals surface area contributed by atoms with Crippen LogP contribution in [0.5, 0.6) is 0 Å². The molecule has 2 amide bonds. The number of nitrogens with one attached hydrogen (secondary N) is 2. The summed E-state index contributed by atoms with van der Waals surface area (Å²) < 4.78 is 37.3. The van der Waals surface area contributed by atoms with Crippen LogP contribution < -0.4 is 10.6 Å². The minimum absolute atomic E-state index is 0.209. The van der Waals surface area contributed by atoms with Crippen LogP contribution in [0, 0.1) is 0 Å². The Hall–Kier alpha value is -2.31.